The lowest BCUT2D eigenvalue weighted by molar-refractivity contribution is -0.135. The molecule has 4 nitrogen and oxygen atoms in total. The molecule has 2 aliphatic heterocycles. The molecule has 0 radical (unpaired) electrons. The van der Waals surface area contributed by atoms with Gasteiger partial charge in [0.05, 0.1) is 11.6 Å². The number of hydrogen-bond acceptors (Lipinski definition) is 3. The molecule has 1 atom stereocenters. The third-order valence-electron chi connectivity index (χ3n) is 4.28. The molecule has 0 saturated carbocycles. The SMILES string of the molecule is O=C(C1CCNCC1)N1CC[C@@H](Oc2ccccc2Cl)C1. The van der Waals surface area contributed by atoms with Crippen molar-refractivity contribution in [2.24, 2.45) is 5.92 Å². The average molecular weight is 309 g/mol. The van der Waals surface area contributed by atoms with E-state index < -0.39 is 0 Å². The Balaban J connectivity index is 1.55. The van der Waals surface area contributed by atoms with Crippen molar-refractivity contribution in [1.29, 1.82) is 0 Å². The number of nitrogens with zero attached hydrogens (tertiary/aromatic N) is 1. The highest BCUT2D eigenvalue weighted by atomic mass is 35.5. The number of nitrogens with one attached hydrogen (secondary N) is 1. The number of ether oxygens (including phenoxy) is 1. The number of likely N-dealkylation sites (tertiary alicyclic amines) is 1. The fourth-order valence-electron chi connectivity index (χ4n) is 3.07. The van der Waals surface area contributed by atoms with Crippen molar-refractivity contribution in [3.63, 3.8) is 0 Å². The number of para-hydroxylation sites is 1. The van der Waals surface area contributed by atoms with Crippen LogP contribution in [0, 0.1) is 5.92 Å². The maximum atomic E-state index is 12.5. The van der Waals surface area contributed by atoms with Crippen molar-refractivity contribution in [3.05, 3.63) is 29.3 Å². The fraction of sp³-hybridized carbons (Fsp3) is 0.562. The van der Waals surface area contributed by atoms with E-state index in [2.05, 4.69) is 5.32 Å². The normalized spacial score (nSPS) is 23.3. The second-order valence-corrected chi connectivity index (χ2v) is 6.17. The lowest BCUT2D eigenvalue weighted by Crippen LogP contribution is -2.40. The molecule has 114 valence electrons. The van der Waals surface area contributed by atoms with Gasteiger partial charge >= 0.3 is 0 Å². The summed E-state index contributed by atoms with van der Waals surface area (Å²) in [6, 6.07) is 7.49. The molecule has 1 amide bonds. The van der Waals surface area contributed by atoms with Crippen LogP contribution in [0.25, 0.3) is 0 Å². The Labute approximate surface area is 130 Å². The molecule has 2 heterocycles. The van der Waals surface area contributed by atoms with E-state index in [0.717, 1.165) is 38.9 Å². The summed E-state index contributed by atoms with van der Waals surface area (Å²) in [6.45, 7) is 3.36. The van der Waals surface area contributed by atoms with Crippen LogP contribution in [0.5, 0.6) is 5.75 Å². The second kappa shape index (κ2) is 6.67. The Morgan fingerprint density at radius 3 is 2.76 bits per heavy atom. The Morgan fingerprint density at radius 2 is 2.00 bits per heavy atom. The zero-order valence-electron chi connectivity index (χ0n) is 12.1. The van der Waals surface area contributed by atoms with Gasteiger partial charge in [-0.25, -0.2) is 0 Å². The minimum atomic E-state index is 0.0514. The molecule has 0 spiro atoms. The molecule has 2 fully saturated rings. The molecule has 5 heteroatoms. The van der Waals surface area contributed by atoms with E-state index in [4.69, 9.17) is 16.3 Å². The minimum Gasteiger partial charge on any atom is -0.487 e. The molecule has 1 aromatic carbocycles. The molecule has 1 N–H and O–H groups in total. The molecule has 2 saturated heterocycles. The first-order chi connectivity index (χ1) is 10.2. The summed E-state index contributed by atoms with van der Waals surface area (Å²) in [5.41, 5.74) is 0. The van der Waals surface area contributed by atoms with Crippen LogP contribution in [0.15, 0.2) is 24.3 Å². The topological polar surface area (TPSA) is 41.6 Å². The van der Waals surface area contributed by atoms with Gasteiger partial charge in [0.1, 0.15) is 11.9 Å². The van der Waals surface area contributed by atoms with Crippen molar-refractivity contribution >= 4 is 17.5 Å². The number of carbonyl (C=O) groups excluding carboxylic acids is 1. The van der Waals surface area contributed by atoms with Crippen molar-refractivity contribution in [3.8, 4) is 5.75 Å². The molecule has 0 aliphatic carbocycles. The first-order valence-corrected chi connectivity index (χ1v) is 8.02. The first kappa shape index (κ1) is 14.7. The van der Waals surface area contributed by atoms with E-state index in [0.29, 0.717) is 23.2 Å². The molecule has 0 bridgehead atoms. The largest absolute Gasteiger partial charge is 0.487 e. The lowest BCUT2D eigenvalue weighted by Gasteiger charge is -2.26. The molecular formula is C16H21ClN2O2. The standard InChI is InChI=1S/C16H21ClN2O2/c17-14-3-1-2-4-15(14)21-13-7-10-19(11-13)16(20)12-5-8-18-9-6-12/h1-4,12-13,18H,5-11H2/t13-/m1/s1. The zero-order chi connectivity index (χ0) is 14.7. The van der Waals surface area contributed by atoms with Crippen LogP contribution in [0.4, 0.5) is 0 Å². The van der Waals surface area contributed by atoms with Gasteiger partial charge in [-0.3, -0.25) is 4.79 Å². The number of piperidine rings is 1. The first-order valence-electron chi connectivity index (χ1n) is 7.65. The molecular weight excluding hydrogens is 288 g/mol. The Hall–Kier alpha value is -1.26. The monoisotopic (exact) mass is 308 g/mol. The van der Waals surface area contributed by atoms with Gasteiger partial charge in [0, 0.05) is 18.9 Å². The van der Waals surface area contributed by atoms with E-state index in [1.165, 1.54) is 0 Å². The Kier molecular flexibility index (Phi) is 4.66. The summed E-state index contributed by atoms with van der Waals surface area (Å²) in [6.07, 6.45) is 2.83. The molecule has 1 aromatic rings. The number of benzene rings is 1. The van der Waals surface area contributed by atoms with E-state index in [1.54, 1.807) is 0 Å². The van der Waals surface area contributed by atoms with Crippen LogP contribution in [-0.4, -0.2) is 43.1 Å². The van der Waals surface area contributed by atoms with E-state index in [9.17, 15) is 4.79 Å². The molecule has 2 aliphatic rings. The fourth-order valence-corrected chi connectivity index (χ4v) is 3.25. The highest BCUT2D eigenvalue weighted by molar-refractivity contribution is 6.32. The minimum absolute atomic E-state index is 0.0514. The predicted octanol–water partition coefficient (Wildman–Crippen LogP) is 2.32. The van der Waals surface area contributed by atoms with Crippen molar-refractivity contribution in [2.45, 2.75) is 25.4 Å². The highest BCUT2D eigenvalue weighted by Gasteiger charge is 2.32. The quantitative estimate of drug-likeness (QED) is 0.932. The summed E-state index contributed by atoms with van der Waals surface area (Å²) in [7, 11) is 0. The molecule has 0 aromatic heterocycles. The third-order valence-corrected chi connectivity index (χ3v) is 4.59. The Bertz CT molecular complexity index is 503. The van der Waals surface area contributed by atoms with Crippen LogP contribution in [0.3, 0.4) is 0 Å². The third kappa shape index (κ3) is 3.50. The van der Waals surface area contributed by atoms with Gasteiger partial charge in [0.25, 0.3) is 0 Å². The molecule has 21 heavy (non-hydrogen) atoms. The van der Waals surface area contributed by atoms with Crippen LogP contribution in [-0.2, 0) is 4.79 Å². The number of hydrogen-bond donors (Lipinski definition) is 1. The van der Waals surface area contributed by atoms with Gasteiger partial charge in [-0.15, -0.1) is 0 Å². The van der Waals surface area contributed by atoms with E-state index in [-0.39, 0.29) is 12.0 Å². The van der Waals surface area contributed by atoms with Gasteiger partial charge < -0.3 is 15.0 Å². The van der Waals surface area contributed by atoms with Gasteiger partial charge in [-0.2, -0.15) is 0 Å². The van der Waals surface area contributed by atoms with Gasteiger partial charge in [-0.05, 0) is 38.1 Å². The van der Waals surface area contributed by atoms with E-state index in [1.807, 2.05) is 29.2 Å². The summed E-state index contributed by atoms with van der Waals surface area (Å²) in [4.78, 5) is 14.4. The smallest absolute Gasteiger partial charge is 0.225 e. The van der Waals surface area contributed by atoms with Gasteiger partial charge in [0.15, 0.2) is 0 Å². The Morgan fingerprint density at radius 1 is 1.24 bits per heavy atom. The maximum Gasteiger partial charge on any atom is 0.225 e. The summed E-state index contributed by atoms with van der Waals surface area (Å²) in [5, 5.41) is 3.92. The average Bonchev–Trinajstić information content (AvgIpc) is 2.98. The number of amides is 1. The van der Waals surface area contributed by atoms with Crippen molar-refractivity contribution < 1.29 is 9.53 Å². The van der Waals surface area contributed by atoms with E-state index >= 15 is 0 Å². The highest BCUT2D eigenvalue weighted by Crippen LogP contribution is 2.27. The summed E-state index contributed by atoms with van der Waals surface area (Å²) < 4.78 is 5.94. The lowest BCUT2D eigenvalue weighted by atomic mass is 9.97. The number of rotatable bonds is 3. The van der Waals surface area contributed by atoms with Crippen LogP contribution >= 0.6 is 11.6 Å². The van der Waals surface area contributed by atoms with Gasteiger partial charge in [-0.1, -0.05) is 23.7 Å². The summed E-state index contributed by atoms with van der Waals surface area (Å²) >= 11 is 6.11. The second-order valence-electron chi connectivity index (χ2n) is 5.77. The molecule has 0 unspecified atom stereocenters. The van der Waals surface area contributed by atoms with Crippen LogP contribution in [0.2, 0.25) is 5.02 Å². The molecule has 3 rings (SSSR count). The predicted molar refractivity (Wildman–Crippen MR) is 82.7 cm³/mol. The zero-order valence-corrected chi connectivity index (χ0v) is 12.8. The van der Waals surface area contributed by atoms with Crippen molar-refractivity contribution in [2.75, 3.05) is 26.2 Å². The maximum absolute atomic E-state index is 12.5. The van der Waals surface area contributed by atoms with Crippen molar-refractivity contribution in [1.82, 2.24) is 10.2 Å². The van der Waals surface area contributed by atoms with Gasteiger partial charge in [0.2, 0.25) is 5.91 Å². The van der Waals surface area contributed by atoms with Crippen LogP contribution in [0.1, 0.15) is 19.3 Å². The summed E-state index contributed by atoms with van der Waals surface area (Å²) in [5.74, 6) is 1.19. The number of carbonyl (C=O) groups is 1. The van der Waals surface area contributed by atoms with Crippen LogP contribution < -0.4 is 10.1 Å². The number of halogens is 1.